The number of hydrogen-bond donors (Lipinski definition) is 0. The number of aryl methyl sites for hydroxylation is 1. The first-order valence-corrected chi connectivity index (χ1v) is 13.0. The largest absolute Gasteiger partial charge is 0.465 e. The third kappa shape index (κ3) is 5.19. The standard InChI is InChI=1S/C31H29N5O5/c1-20-26(30(38)36(34(20)3)23-13-9-6-10-14-23)18-35(29(37)25-17-32-16-15-24(25)31(39)40-4)19-27-21(2)41-33-28(27)22-11-7-5-8-12-22/h5-17H,18-19H2,1-4H3. The first-order valence-electron chi connectivity index (χ1n) is 13.0. The van der Waals surface area contributed by atoms with E-state index in [1.807, 2.05) is 67.6 Å². The number of methoxy groups -OCH3 is 1. The number of hydrogen-bond acceptors (Lipinski definition) is 7. The summed E-state index contributed by atoms with van der Waals surface area (Å²) in [6.07, 6.45) is 2.76. The van der Waals surface area contributed by atoms with Crippen LogP contribution >= 0.6 is 0 Å². The molecular weight excluding hydrogens is 522 g/mol. The minimum absolute atomic E-state index is 0.0362. The highest BCUT2D eigenvalue weighted by Crippen LogP contribution is 2.28. The van der Waals surface area contributed by atoms with E-state index in [4.69, 9.17) is 9.26 Å². The fraction of sp³-hybridized carbons (Fsp3) is 0.194. The molecule has 0 aliphatic rings. The van der Waals surface area contributed by atoms with E-state index < -0.39 is 11.9 Å². The van der Waals surface area contributed by atoms with Crippen LogP contribution < -0.4 is 5.56 Å². The van der Waals surface area contributed by atoms with Crippen molar-refractivity contribution in [2.75, 3.05) is 7.11 Å². The van der Waals surface area contributed by atoms with Gasteiger partial charge < -0.3 is 14.2 Å². The van der Waals surface area contributed by atoms with Crippen LogP contribution in [0.15, 0.2) is 88.4 Å². The van der Waals surface area contributed by atoms with Crippen molar-refractivity contribution in [1.82, 2.24) is 24.4 Å². The molecule has 0 bridgehead atoms. The predicted octanol–water partition coefficient (Wildman–Crippen LogP) is 4.47. The molecule has 0 spiro atoms. The van der Waals surface area contributed by atoms with Gasteiger partial charge in [-0.3, -0.25) is 19.3 Å². The summed E-state index contributed by atoms with van der Waals surface area (Å²) in [5.41, 5.74) is 3.82. The van der Waals surface area contributed by atoms with E-state index >= 15 is 0 Å². The number of esters is 1. The Hall–Kier alpha value is -5.25. The van der Waals surface area contributed by atoms with Gasteiger partial charge in [0.05, 0.1) is 42.6 Å². The van der Waals surface area contributed by atoms with E-state index in [1.54, 1.807) is 23.3 Å². The molecule has 0 saturated heterocycles. The van der Waals surface area contributed by atoms with Gasteiger partial charge in [-0.25, -0.2) is 9.48 Å². The van der Waals surface area contributed by atoms with Crippen LogP contribution in [0.5, 0.6) is 0 Å². The highest BCUT2D eigenvalue weighted by atomic mass is 16.5. The van der Waals surface area contributed by atoms with E-state index in [1.165, 1.54) is 30.5 Å². The molecule has 5 aromatic rings. The number of nitrogens with zero attached hydrogens (tertiary/aromatic N) is 5. The molecule has 0 aliphatic heterocycles. The Balaban J connectivity index is 1.62. The molecule has 0 fully saturated rings. The molecule has 5 rings (SSSR count). The maximum absolute atomic E-state index is 14.2. The van der Waals surface area contributed by atoms with Crippen LogP contribution in [0.25, 0.3) is 16.9 Å². The van der Waals surface area contributed by atoms with Gasteiger partial charge in [-0.05, 0) is 32.0 Å². The Labute approximate surface area is 236 Å². The molecule has 0 N–H and O–H groups in total. The van der Waals surface area contributed by atoms with Gasteiger partial charge in [0.15, 0.2) is 0 Å². The highest BCUT2D eigenvalue weighted by Gasteiger charge is 2.28. The van der Waals surface area contributed by atoms with Crippen LogP contribution in [0, 0.1) is 13.8 Å². The van der Waals surface area contributed by atoms with E-state index in [0.29, 0.717) is 34.0 Å². The zero-order valence-electron chi connectivity index (χ0n) is 23.2. The fourth-order valence-corrected chi connectivity index (χ4v) is 4.81. The number of carbonyl (C=O) groups excluding carboxylic acids is 2. The third-order valence-electron chi connectivity index (χ3n) is 7.15. The van der Waals surface area contributed by atoms with Crippen molar-refractivity contribution in [3.05, 3.63) is 123 Å². The van der Waals surface area contributed by atoms with Crippen molar-refractivity contribution >= 4 is 11.9 Å². The zero-order valence-corrected chi connectivity index (χ0v) is 23.2. The van der Waals surface area contributed by atoms with Gasteiger partial charge in [0.1, 0.15) is 11.5 Å². The van der Waals surface area contributed by atoms with Gasteiger partial charge in [0.25, 0.3) is 11.5 Å². The quantitative estimate of drug-likeness (QED) is 0.262. The lowest BCUT2D eigenvalue weighted by Gasteiger charge is -2.23. The van der Waals surface area contributed by atoms with Crippen molar-refractivity contribution in [1.29, 1.82) is 0 Å². The van der Waals surface area contributed by atoms with E-state index in [0.717, 1.165) is 5.56 Å². The summed E-state index contributed by atoms with van der Waals surface area (Å²) >= 11 is 0. The number of amides is 1. The fourth-order valence-electron chi connectivity index (χ4n) is 4.81. The molecule has 1 amide bonds. The topological polar surface area (TPSA) is 112 Å². The number of para-hydroxylation sites is 1. The number of ether oxygens (including phenoxy) is 1. The summed E-state index contributed by atoms with van der Waals surface area (Å²) in [5.74, 6) is -0.622. The maximum atomic E-state index is 14.2. The van der Waals surface area contributed by atoms with Crippen molar-refractivity contribution in [2.45, 2.75) is 26.9 Å². The second-order valence-electron chi connectivity index (χ2n) is 9.55. The van der Waals surface area contributed by atoms with Crippen LogP contribution in [-0.4, -0.2) is 43.4 Å². The molecule has 41 heavy (non-hydrogen) atoms. The van der Waals surface area contributed by atoms with Crippen molar-refractivity contribution < 1.29 is 18.8 Å². The third-order valence-corrected chi connectivity index (χ3v) is 7.15. The summed E-state index contributed by atoms with van der Waals surface area (Å²) < 4.78 is 13.8. The lowest BCUT2D eigenvalue weighted by molar-refractivity contribution is 0.0587. The van der Waals surface area contributed by atoms with Crippen LogP contribution in [-0.2, 0) is 24.9 Å². The summed E-state index contributed by atoms with van der Waals surface area (Å²) in [6.45, 7) is 3.64. The monoisotopic (exact) mass is 551 g/mol. The number of aromatic nitrogens is 4. The Bertz CT molecular complexity index is 1770. The van der Waals surface area contributed by atoms with Gasteiger partial charge in [-0.2, -0.15) is 0 Å². The molecule has 208 valence electrons. The second-order valence-corrected chi connectivity index (χ2v) is 9.55. The smallest absolute Gasteiger partial charge is 0.338 e. The van der Waals surface area contributed by atoms with Crippen LogP contribution in [0.1, 0.15) is 43.3 Å². The molecule has 0 aliphatic carbocycles. The van der Waals surface area contributed by atoms with Crippen molar-refractivity contribution in [2.24, 2.45) is 7.05 Å². The Morgan fingerprint density at radius 2 is 1.59 bits per heavy atom. The van der Waals surface area contributed by atoms with E-state index in [2.05, 4.69) is 10.1 Å². The normalized spacial score (nSPS) is 10.9. The highest BCUT2D eigenvalue weighted by molar-refractivity contribution is 6.05. The van der Waals surface area contributed by atoms with Crippen LogP contribution in [0.4, 0.5) is 0 Å². The first-order chi connectivity index (χ1) is 19.8. The molecule has 0 saturated carbocycles. The van der Waals surface area contributed by atoms with Gasteiger partial charge in [0.2, 0.25) is 0 Å². The van der Waals surface area contributed by atoms with E-state index in [-0.39, 0.29) is 29.8 Å². The van der Waals surface area contributed by atoms with Gasteiger partial charge in [0, 0.05) is 36.3 Å². The molecular formula is C31H29N5O5. The molecule has 0 atom stereocenters. The number of benzene rings is 2. The average molecular weight is 552 g/mol. The van der Waals surface area contributed by atoms with Crippen LogP contribution in [0.2, 0.25) is 0 Å². The molecule has 3 aromatic heterocycles. The molecule has 10 nitrogen and oxygen atoms in total. The average Bonchev–Trinajstić information content (AvgIpc) is 3.47. The molecule has 0 radical (unpaired) electrons. The number of pyridine rings is 1. The molecule has 10 heteroatoms. The summed E-state index contributed by atoms with van der Waals surface area (Å²) in [4.78, 5) is 46.1. The molecule has 2 aromatic carbocycles. The second kappa shape index (κ2) is 11.5. The summed E-state index contributed by atoms with van der Waals surface area (Å²) in [5, 5.41) is 4.26. The summed E-state index contributed by atoms with van der Waals surface area (Å²) in [6, 6.07) is 20.2. The number of rotatable bonds is 8. The predicted molar refractivity (Wildman–Crippen MR) is 152 cm³/mol. The minimum atomic E-state index is -0.663. The SMILES string of the molecule is COC(=O)c1ccncc1C(=O)N(Cc1c(-c2ccccc2)noc1C)Cc1c(C)n(C)n(-c2ccccc2)c1=O. The lowest BCUT2D eigenvalue weighted by Crippen LogP contribution is -2.34. The van der Waals surface area contributed by atoms with Crippen LogP contribution in [0.3, 0.4) is 0 Å². The minimum Gasteiger partial charge on any atom is -0.465 e. The van der Waals surface area contributed by atoms with Crippen molar-refractivity contribution in [3.8, 4) is 16.9 Å². The Kier molecular flexibility index (Phi) is 7.64. The maximum Gasteiger partial charge on any atom is 0.338 e. The summed E-state index contributed by atoms with van der Waals surface area (Å²) in [7, 11) is 3.05. The van der Waals surface area contributed by atoms with Gasteiger partial charge >= 0.3 is 5.97 Å². The lowest BCUT2D eigenvalue weighted by atomic mass is 10.0. The van der Waals surface area contributed by atoms with Crippen molar-refractivity contribution in [3.63, 3.8) is 0 Å². The van der Waals surface area contributed by atoms with Gasteiger partial charge in [-0.1, -0.05) is 53.7 Å². The van der Waals surface area contributed by atoms with Gasteiger partial charge in [-0.15, -0.1) is 0 Å². The number of carbonyl (C=O) groups is 2. The first kappa shape index (κ1) is 27.3. The molecule has 3 heterocycles. The Morgan fingerprint density at radius 1 is 0.927 bits per heavy atom. The zero-order chi connectivity index (χ0) is 29.1. The molecule has 0 unspecified atom stereocenters. The Morgan fingerprint density at radius 3 is 2.27 bits per heavy atom. The van der Waals surface area contributed by atoms with E-state index in [9.17, 15) is 14.4 Å².